The molecule has 0 aromatic heterocycles. The third-order valence-corrected chi connectivity index (χ3v) is 6.48. The molecule has 2 aromatic carbocycles. The summed E-state index contributed by atoms with van der Waals surface area (Å²) < 4.78 is 0. The third-order valence-electron chi connectivity index (χ3n) is 6.48. The SMILES string of the molecule is O=C(NC1CCN(Cc2ccccc2)CC1)[C@H]1CN(Cc2ccccc2)C[C@H]1C(=O)O. The topological polar surface area (TPSA) is 72.9 Å². The first-order valence-electron chi connectivity index (χ1n) is 11.1. The van der Waals surface area contributed by atoms with Crippen LogP contribution in [0.25, 0.3) is 0 Å². The van der Waals surface area contributed by atoms with E-state index in [2.05, 4.69) is 39.4 Å². The monoisotopic (exact) mass is 421 g/mol. The van der Waals surface area contributed by atoms with Gasteiger partial charge in [0.25, 0.3) is 0 Å². The molecule has 164 valence electrons. The maximum absolute atomic E-state index is 13.0. The van der Waals surface area contributed by atoms with Gasteiger partial charge < -0.3 is 10.4 Å². The highest BCUT2D eigenvalue weighted by Crippen LogP contribution is 2.26. The first-order valence-corrected chi connectivity index (χ1v) is 11.1. The second-order valence-corrected chi connectivity index (χ2v) is 8.78. The summed E-state index contributed by atoms with van der Waals surface area (Å²) in [4.78, 5) is 29.3. The molecular formula is C25H31N3O3. The largest absolute Gasteiger partial charge is 0.481 e. The van der Waals surface area contributed by atoms with E-state index in [-0.39, 0.29) is 11.9 Å². The number of carboxylic acid groups (broad SMARTS) is 1. The zero-order chi connectivity index (χ0) is 21.6. The van der Waals surface area contributed by atoms with Gasteiger partial charge in [-0.25, -0.2) is 0 Å². The number of nitrogens with one attached hydrogen (secondary N) is 1. The number of amides is 1. The van der Waals surface area contributed by atoms with E-state index in [4.69, 9.17) is 0 Å². The van der Waals surface area contributed by atoms with Crippen LogP contribution in [0.4, 0.5) is 0 Å². The Kier molecular flexibility index (Phi) is 6.99. The molecule has 4 rings (SSSR count). The summed E-state index contributed by atoms with van der Waals surface area (Å²) in [5.74, 6) is -2.14. The number of rotatable bonds is 7. The normalized spacial score (nSPS) is 23.0. The minimum absolute atomic E-state index is 0.107. The minimum Gasteiger partial charge on any atom is -0.481 e. The van der Waals surface area contributed by atoms with Crippen molar-refractivity contribution in [2.24, 2.45) is 11.8 Å². The Morgan fingerprint density at radius 2 is 1.32 bits per heavy atom. The standard InChI is InChI=1S/C25H31N3O3/c29-24(26-21-11-13-27(14-12-21)15-19-7-3-1-4-8-19)22-17-28(18-23(22)25(30)31)16-20-9-5-2-6-10-20/h1-10,21-23H,11-18H2,(H,26,29)(H,30,31)/t22-,23+/m0/s1. The quantitative estimate of drug-likeness (QED) is 0.719. The van der Waals surface area contributed by atoms with Crippen molar-refractivity contribution in [3.8, 4) is 0 Å². The van der Waals surface area contributed by atoms with Crippen LogP contribution in [0.5, 0.6) is 0 Å². The van der Waals surface area contributed by atoms with Gasteiger partial charge in [0.05, 0.1) is 11.8 Å². The molecule has 2 aliphatic heterocycles. The molecule has 0 spiro atoms. The van der Waals surface area contributed by atoms with Crippen molar-refractivity contribution in [3.05, 3.63) is 71.8 Å². The highest BCUT2D eigenvalue weighted by Gasteiger charge is 2.42. The lowest BCUT2D eigenvalue weighted by molar-refractivity contribution is -0.145. The van der Waals surface area contributed by atoms with Crippen LogP contribution in [0, 0.1) is 11.8 Å². The average molecular weight is 422 g/mol. The molecule has 6 heteroatoms. The molecule has 1 amide bonds. The molecule has 0 saturated carbocycles. The maximum atomic E-state index is 13.0. The fourth-order valence-electron chi connectivity index (χ4n) is 4.76. The van der Waals surface area contributed by atoms with Gasteiger partial charge in [-0.15, -0.1) is 0 Å². The van der Waals surface area contributed by atoms with Crippen molar-refractivity contribution < 1.29 is 14.7 Å². The van der Waals surface area contributed by atoms with Crippen molar-refractivity contribution in [1.82, 2.24) is 15.1 Å². The van der Waals surface area contributed by atoms with E-state index in [0.29, 0.717) is 19.6 Å². The fraction of sp³-hybridized carbons (Fsp3) is 0.440. The van der Waals surface area contributed by atoms with Crippen molar-refractivity contribution in [1.29, 1.82) is 0 Å². The number of nitrogens with zero attached hydrogens (tertiary/aromatic N) is 2. The molecule has 2 atom stereocenters. The van der Waals surface area contributed by atoms with Crippen LogP contribution in [-0.2, 0) is 22.7 Å². The first-order chi connectivity index (χ1) is 15.1. The van der Waals surface area contributed by atoms with Crippen LogP contribution in [0.2, 0.25) is 0 Å². The van der Waals surface area contributed by atoms with E-state index >= 15 is 0 Å². The van der Waals surface area contributed by atoms with Gasteiger partial charge in [-0.05, 0) is 24.0 Å². The number of carboxylic acids is 1. The molecule has 2 fully saturated rings. The van der Waals surface area contributed by atoms with E-state index in [9.17, 15) is 14.7 Å². The second-order valence-electron chi connectivity index (χ2n) is 8.78. The lowest BCUT2D eigenvalue weighted by Gasteiger charge is -2.33. The highest BCUT2D eigenvalue weighted by molar-refractivity contribution is 5.85. The number of hydrogen-bond donors (Lipinski definition) is 2. The van der Waals surface area contributed by atoms with Crippen LogP contribution in [0.3, 0.4) is 0 Å². The van der Waals surface area contributed by atoms with E-state index in [1.807, 2.05) is 36.4 Å². The van der Waals surface area contributed by atoms with Crippen molar-refractivity contribution in [2.45, 2.75) is 32.0 Å². The predicted molar refractivity (Wildman–Crippen MR) is 119 cm³/mol. The minimum atomic E-state index is -0.881. The Balaban J connectivity index is 1.28. The molecule has 2 N–H and O–H groups in total. The van der Waals surface area contributed by atoms with Gasteiger partial charge in [-0.3, -0.25) is 19.4 Å². The van der Waals surface area contributed by atoms with Crippen LogP contribution >= 0.6 is 0 Å². The molecule has 0 aliphatic carbocycles. The third kappa shape index (κ3) is 5.71. The van der Waals surface area contributed by atoms with E-state index in [1.165, 1.54) is 5.56 Å². The summed E-state index contributed by atoms with van der Waals surface area (Å²) in [6.45, 7) is 4.38. The molecule has 6 nitrogen and oxygen atoms in total. The zero-order valence-electron chi connectivity index (χ0n) is 17.8. The summed E-state index contributed by atoms with van der Waals surface area (Å²) in [7, 11) is 0. The number of likely N-dealkylation sites (tertiary alicyclic amines) is 2. The van der Waals surface area contributed by atoms with Crippen LogP contribution < -0.4 is 5.32 Å². The Bertz CT molecular complexity index is 866. The zero-order valence-corrected chi connectivity index (χ0v) is 17.8. The fourth-order valence-corrected chi connectivity index (χ4v) is 4.76. The van der Waals surface area contributed by atoms with E-state index < -0.39 is 17.8 Å². The smallest absolute Gasteiger partial charge is 0.308 e. The summed E-state index contributed by atoms with van der Waals surface area (Å²) in [5, 5.41) is 12.8. The predicted octanol–water partition coefficient (Wildman–Crippen LogP) is 2.60. The van der Waals surface area contributed by atoms with E-state index in [1.54, 1.807) is 0 Å². The molecule has 2 aromatic rings. The molecule has 0 radical (unpaired) electrons. The van der Waals surface area contributed by atoms with Gasteiger partial charge in [0.15, 0.2) is 0 Å². The van der Waals surface area contributed by atoms with Gasteiger partial charge in [0.1, 0.15) is 0 Å². The Morgan fingerprint density at radius 1 is 0.806 bits per heavy atom. The number of benzene rings is 2. The average Bonchev–Trinajstić information content (AvgIpc) is 3.21. The number of hydrogen-bond acceptors (Lipinski definition) is 4. The van der Waals surface area contributed by atoms with Crippen LogP contribution in [0.1, 0.15) is 24.0 Å². The Morgan fingerprint density at radius 3 is 1.87 bits per heavy atom. The van der Waals surface area contributed by atoms with Crippen molar-refractivity contribution in [2.75, 3.05) is 26.2 Å². The lowest BCUT2D eigenvalue weighted by atomic mass is 9.94. The maximum Gasteiger partial charge on any atom is 0.308 e. The second kappa shape index (κ2) is 10.1. The summed E-state index contributed by atoms with van der Waals surface area (Å²) in [6, 6.07) is 20.5. The van der Waals surface area contributed by atoms with Crippen LogP contribution in [-0.4, -0.2) is 59.0 Å². The molecule has 0 unspecified atom stereocenters. The van der Waals surface area contributed by atoms with Gasteiger partial charge in [0.2, 0.25) is 5.91 Å². The number of piperidine rings is 1. The van der Waals surface area contributed by atoms with Gasteiger partial charge in [-0.2, -0.15) is 0 Å². The summed E-state index contributed by atoms with van der Waals surface area (Å²) >= 11 is 0. The number of carbonyl (C=O) groups is 2. The Hall–Kier alpha value is -2.70. The Labute approximate surface area is 183 Å². The van der Waals surface area contributed by atoms with Gasteiger partial charge in [0, 0.05) is 45.3 Å². The molecule has 2 heterocycles. The molecule has 2 aliphatic rings. The molecule has 31 heavy (non-hydrogen) atoms. The molecular weight excluding hydrogens is 390 g/mol. The highest BCUT2D eigenvalue weighted by atomic mass is 16.4. The molecule has 2 saturated heterocycles. The van der Waals surface area contributed by atoms with Crippen molar-refractivity contribution in [3.63, 3.8) is 0 Å². The number of aliphatic carboxylic acids is 1. The van der Waals surface area contributed by atoms with Gasteiger partial charge >= 0.3 is 5.97 Å². The summed E-state index contributed by atoms with van der Waals surface area (Å²) in [6.07, 6.45) is 1.80. The van der Waals surface area contributed by atoms with Crippen LogP contribution in [0.15, 0.2) is 60.7 Å². The van der Waals surface area contributed by atoms with Crippen molar-refractivity contribution >= 4 is 11.9 Å². The van der Waals surface area contributed by atoms with Gasteiger partial charge in [-0.1, -0.05) is 60.7 Å². The first kappa shape index (κ1) is 21.5. The molecule has 0 bridgehead atoms. The number of carbonyl (C=O) groups excluding carboxylic acids is 1. The summed E-state index contributed by atoms with van der Waals surface area (Å²) in [5.41, 5.74) is 2.44. The lowest BCUT2D eigenvalue weighted by Crippen LogP contribution is -2.47. The van der Waals surface area contributed by atoms with E-state index in [0.717, 1.165) is 38.0 Å².